The van der Waals surface area contributed by atoms with Gasteiger partial charge in [0, 0.05) is 78.8 Å². The summed E-state index contributed by atoms with van der Waals surface area (Å²) in [5.74, 6) is 0.801. The van der Waals surface area contributed by atoms with Gasteiger partial charge in [0.05, 0.1) is 33.0 Å². The third kappa shape index (κ3) is 9.20. The van der Waals surface area contributed by atoms with Gasteiger partial charge < -0.3 is 40.5 Å². The number of likely N-dealkylation sites (N-methyl/N-ethyl adjacent to an activating group) is 2. The van der Waals surface area contributed by atoms with Crippen molar-refractivity contribution in [2.24, 2.45) is 29.1 Å². The third-order valence-electron chi connectivity index (χ3n) is 13.2. The first kappa shape index (κ1) is 43.5. The van der Waals surface area contributed by atoms with Crippen LogP contribution in [-0.2, 0) is 22.6 Å². The summed E-state index contributed by atoms with van der Waals surface area (Å²) in [5, 5.41) is 39.4. The van der Waals surface area contributed by atoms with Gasteiger partial charge in [-0.05, 0) is 92.9 Å². The first-order valence-corrected chi connectivity index (χ1v) is 20.7. The normalized spacial score (nSPS) is 26.1. The lowest BCUT2D eigenvalue weighted by Crippen LogP contribution is -2.62. The number of hydroxylamine groups is 2. The number of benzene rings is 2. The molecule has 1 aliphatic heterocycles. The number of para-hydroxylation sites is 1. The standard InChI is InChI=1S/C45H64N6O7/c1-27-37-21-32(45(37,3)4)22-38(27)48-44(56)41-40(28(2)54)39(26-53)58-51(41)24-29-12-11-14-36(42(29)57-8)30-18-31(20-35(19-30)50(7)16-17-52)43(55)47-34(25-49(5)6)23-33-13-9-10-15-46-33/h9-15,18-20,27-28,32,34,37-41,52-54H,16-17,21-26H2,1-8H3,(H,47,55)(H,48,56)/t27-,28-,32-,34-,37?,38-,39-,40+,41-/m0/s1. The molecule has 1 unspecified atom stereocenters. The number of aliphatic hydroxyl groups excluding tert-OH is 3. The van der Waals surface area contributed by atoms with Crippen LogP contribution in [0.15, 0.2) is 60.8 Å². The largest absolute Gasteiger partial charge is 0.496 e. The number of nitrogens with one attached hydrogen (secondary N) is 2. The summed E-state index contributed by atoms with van der Waals surface area (Å²) in [4.78, 5) is 43.1. The minimum atomic E-state index is -0.924. The third-order valence-corrected chi connectivity index (χ3v) is 13.2. The van der Waals surface area contributed by atoms with Crippen molar-refractivity contribution in [2.75, 3.05) is 59.5 Å². The van der Waals surface area contributed by atoms with Gasteiger partial charge in [-0.2, -0.15) is 5.06 Å². The number of fused-ring (bicyclic) bond motifs is 2. The number of carbonyl (C=O) groups excluding carboxylic acids is 2. The average molecular weight is 801 g/mol. The van der Waals surface area contributed by atoms with E-state index in [9.17, 15) is 24.9 Å². The maximum Gasteiger partial charge on any atom is 0.251 e. The molecule has 3 aliphatic carbocycles. The van der Waals surface area contributed by atoms with E-state index < -0.39 is 24.2 Å². The van der Waals surface area contributed by atoms with E-state index in [1.54, 1.807) is 25.3 Å². The Morgan fingerprint density at radius 3 is 2.48 bits per heavy atom. The van der Waals surface area contributed by atoms with Gasteiger partial charge in [0.1, 0.15) is 17.9 Å². The van der Waals surface area contributed by atoms with E-state index in [-0.39, 0.29) is 49.1 Å². The van der Waals surface area contributed by atoms with Crippen molar-refractivity contribution in [3.05, 3.63) is 77.6 Å². The number of anilines is 1. The molecule has 1 aromatic heterocycles. The summed E-state index contributed by atoms with van der Waals surface area (Å²) < 4.78 is 6.11. The number of aromatic nitrogens is 1. The maximum atomic E-state index is 14.3. The van der Waals surface area contributed by atoms with Gasteiger partial charge in [-0.3, -0.25) is 19.4 Å². The van der Waals surface area contributed by atoms with Crippen LogP contribution in [0, 0.1) is 29.1 Å². The number of hydrogen-bond donors (Lipinski definition) is 5. The molecule has 58 heavy (non-hydrogen) atoms. The number of aliphatic hydroxyl groups is 3. The van der Waals surface area contributed by atoms with Gasteiger partial charge in [0.15, 0.2) is 0 Å². The molecule has 13 heteroatoms. The van der Waals surface area contributed by atoms with E-state index in [2.05, 4.69) is 36.4 Å². The monoisotopic (exact) mass is 800 g/mol. The zero-order valence-electron chi connectivity index (χ0n) is 35.4. The quantitative estimate of drug-likeness (QED) is 0.135. The molecule has 2 heterocycles. The second-order valence-corrected chi connectivity index (χ2v) is 17.6. The number of rotatable bonds is 17. The Balaban J connectivity index is 1.30. The molecule has 316 valence electrons. The second kappa shape index (κ2) is 18.4. The Morgan fingerprint density at radius 2 is 1.86 bits per heavy atom. The number of pyridine rings is 1. The second-order valence-electron chi connectivity index (χ2n) is 17.6. The number of hydrogen-bond acceptors (Lipinski definition) is 11. The van der Waals surface area contributed by atoms with Gasteiger partial charge in [-0.1, -0.05) is 45.0 Å². The fourth-order valence-corrected chi connectivity index (χ4v) is 9.87. The Kier molecular flexibility index (Phi) is 13.8. The van der Waals surface area contributed by atoms with Gasteiger partial charge in [-0.15, -0.1) is 0 Å². The van der Waals surface area contributed by atoms with Crippen molar-refractivity contribution in [1.82, 2.24) is 25.6 Å². The smallest absolute Gasteiger partial charge is 0.251 e. The number of methoxy groups -OCH3 is 1. The summed E-state index contributed by atoms with van der Waals surface area (Å²) in [7, 11) is 7.39. The Bertz CT molecular complexity index is 1880. The predicted molar refractivity (Wildman–Crippen MR) is 224 cm³/mol. The molecule has 13 nitrogen and oxygen atoms in total. The molecule has 4 aliphatic rings. The molecule has 9 atom stereocenters. The van der Waals surface area contributed by atoms with Gasteiger partial charge in [0.2, 0.25) is 5.91 Å². The molecular weight excluding hydrogens is 737 g/mol. The Hall–Kier alpha value is -4.11. The number of nitrogens with zero attached hydrogens (tertiary/aromatic N) is 4. The molecule has 0 spiro atoms. The van der Waals surface area contributed by atoms with Crippen LogP contribution < -0.4 is 20.3 Å². The summed E-state index contributed by atoms with van der Waals surface area (Å²) in [6, 6.07) is 16.0. The highest BCUT2D eigenvalue weighted by atomic mass is 16.7. The SMILES string of the molecule is COc1c(CN2O[C@@H](CO)[C@@H]([C@H](C)O)[C@H]2C(=O)N[C@H]2C[C@@H]3CC([C@@H]2C)C3(C)C)cccc1-c1cc(C(=O)N[C@@H](Cc2ccccn2)CN(C)C)cc(N(C)CCO)c1. The average Bonchev–Trinajstić information content (AvgIpc) is 3.57. The lowest BCUT2D eigenvalue weighted by Gasteiger charge is -2.62. The van der Waals surface area contributed by atoms with E-state index in [1.807, 2.05) is 85.5 Å². The first-order valence-electron chi connectivity index (χ1n) is 20.7. The molecule has 3 saturated carbocycles. The van der Waals surface area contributed by atoms with E-state index in [4.69, 9.17) is 9.57 Å². The van der Waals surface area contributed by atoms with Crippen LogP contribution in [0.1, 0.15) is 62.2 Å². The topological polar surface area (TPSA) is 160 Å². The Labute approximate surface area is 343 Å². The van der Waals surface area contributed by atoms with Gasteiger partial charge >= 0.3 is 0 Å². The molecule has 3 aromatic rings. The van der Waals surface area contributed by atoms with Crippen LogP contribution in [0.25, 0.3) is 11.1 Å². The molecule has 2 aromatic carbocycles. The Morgan fingerprint density at radius 1 is 1.09 bits per heavy atom. The molecule has 5 N–H and O–H groups in total. The fraction of sp³-hybridized carbons (Fsp3) is 0.578. The van der Waals surface area contributed by atoms with Crippen LogP contribution in [0.3, 0.4) is 0 Å². The molecule has 0 radical (unpaired) electrons. The summed E-state index contributed by atoms with van der Waals surface area (Å²) in [6.07, 6.45) is 2.70. The van der Waals surface area contributed by atoms with Crippen molar-refractivity contribution in [3.63, 3.8) is 0 Å². The minimum Gasteiger partial charge on any atom is -0.496 e. The van der Waals surface area contributed by atoms with Crippen LogP contribution in [0.2, 0.25) is 0 Å². The van der Waals surface area contributed by atoms with Gasteiger partial charge in [0.25, 0.3) is 5.91 Å². The van der Waals surface area contributed by atoms with Crippen LogP contribution in [0.5, 0.6) is 5.75 Å². The number of carbonyl (C=O) groups is 2. The molecule has 1 saturated heterocycles. The van der Waals surface area contributed by atoms with Gasteiger partial charge in [-0.25, -0.2) is 0 Å². The molecule has 7 rings (SSSR count). The molecule has 2 bridgehead atoms. The maximum absolute atomic E-state index is 14.3. The van der Waals surface area contributed by atoms with E-state index in [0.29, 0.717) is 48.6 Å². The highest BCUT2D eigenvalue weighted by Crippen LogP contribution is 2.61. The van der Waals surface area contributed by atoms with Crippen molar-refractivity contribution in [3.8, 4) is 16.9 Å². The zero-order valence-corrected chi connectivity index (χ0v) is 35.4. The number of amides is 2. The minimum absolute atomic E-state index is 0.0163. The van der Waals surface area contributed by atoms with Crippen LogP contribution >= 0.6 is 0 Å². The molecule has 4 fully saturated rings. The summed E-state index contributed by atoms with van der Waals surface area (Å²) in [5.41, 5.74) is 4.48. The fourth-order valence-electron chi connectivity index (χ4n) is 9.87. The zero-order chi connectivity index (χ0) is 41.9. The highest BCUT2D eigenvalue weighted by molar-refractivity contribution is 5.97. The van der Waals surface area contributed by atoms with E-state index >= 15 is 0 Å². The lowest BCUT2D eigenvalue weighted by atomic mass is 9.45. The molecular formula is C45H64N6O7. The van der Waals surface area contributed by atoms with Crippen molar-refractivity contribution in [1.29, 1.82) is 0 Å². The molecule has 2 amide bonds. The van der Waals surface area contributed by atoms with Crippen LogP contribution in [-0.4, -0.2) is 127 Å². The first-order chi connectivity index (χ1) is 27.7. The van der Waals surface area contributed by atoms with Crippen molar-refractivity contribution >= 4 is 17.5 Å². The van der Waals surface area contributed by atoms with E-state index in [0.717, 1.165) is 34.5 Å². The van der Waals surface area contributed by atoms with Crippen molar-refractivity contribution < 1.29 is 34.5 Å². The summed E-state index contributed by atoms with van der Waals surface area (Å²) in [6.45, 7) is 9.19. The summed E-state index contributed by atoms with van der Waals surface area (Å²) >= 11 is 0. The lowest BCUT2D eigenvalue weighted by molar-refractivity contribution is -0.183. The van der Waals surface area contributed by atoms with Crippen molar-refractivity contribution in [2.45, 2.75) is 83.8 Å². The van der Waals surface area contributed by atoms with Crippen LogP contribution in [0.4, 0.5) is 5.69 Å². The van der Waals surface area contributed by atoms with E-state index in [1.165, 1.54) is 6.42 Å². The number of ether oxygens (including phenoxy) is 1. The predicted octanol–water partition coefficient (Wildman–Crippen LogP) is 3.75. The highest BCUT2D eigenvalue weighted by Gasteiger charge is 2.57.